The first-order chi connectivity index (χ1) is 9.04. The van der Waals surface area contributed by atoms with Gasteiger partial charge in [-0.25, -0.2) is 0 Å². The fraction of sp³-hybridized carbons (Fsp3) is 0.200. The molecular weight excluding hydrogens is 244 g/mol. The minimum absolute atomic E-state index is 0.0493. The molecule has 4 heteroatoms. The molecule has 1 heterocycles. The normalized spacial score (nSPS) is 10.3. The van der Waals surface area contributed by atoms with E-state index < -0.39 is 0 Å². The van der Waals surface area contributed by atoms with E-state index >= 15 is 0 Å². The molecular formula is C15H14O4. The maximum atomic E-state index is 12.2. The van der Waals surface area contributed by atoms with Crippen LogP contribution in [0.1, 0.15) is 27.2 Å². The van der Waals surface area contributed by atoms with Crippen molar-refractivity contribution in [2.24, 2.45) is 0 Å². The second-order valence-electron chi connectivity index (χ2n) is 4.22. The second kappa shape index (κ2) is 5.10. The number of ketones is 1. The Kier molecular flexibility index (Phi) is 3.51. The summed E-state index contributed by atoms with van der Waals surface area (Å²) >= 11 is 0. The van der Waals surface area contributed by atoms with Gasteiger partial charge in [0.1, 0.15) is 23.3 Å². The van der Waals surface area contributed by atoms with Crippen LogP contribution in [0.25, 0.3) is 0 Å². The summed E-state index contributed by atoms with van der Waals surface area (Å²) in [6, 6.07) is 6.59. The quantitative estimate of drug-likeness (QED) is 0.794. The highest BCUT2D eigenvalue weighted by atomic mass is 16.5. The van der Waals surface area contributed by atoms with Crippen LogP contribution in [0.4, 0.5) is 0 Å². The van der Waals surface area contributed by atoms with Gasteiger partial charge in [0.25, 0.3) is 0 Å². The molecule has 0 saturated heterocycles. The molecule has 4 nitrogen and oxygen atoms in total. The summed E-state index contributed by atoms with van der Waals surface area (Å²) in [5.41, 5.74) is 0.647. The van der Waals surface area contributed by atoms with E-state index in [1.54, 1.807) is 45.2 Å². The standard InChI is InChI=1S/C15H14O4/c1-9-10(2)19-8-13(14(9)16)15(17)11-4-6-12(18-3)7-5-11/h4-8H,1-3H3. The Bertz CT molecular complexity index is 666. The summed E-state index contributed by atoms with van der Waals surface area (Å²) < 4.78 is 10.2. The zero-order chi connectivity index (χ0) is 14.0. The Balaban J connectivity index is 2.44. The van der Waals surface area contributed by atoms with Crippen LogP contribution in [0.3, 0.4) is 0 Å². The van der Waals surface area contributed by atoms with Crippen LogP contribution in [0.5, 0.6) is 5.75 Å². The second-order valence-corrected chi connectivity index (χ2v) is 4.22. The highest BCUT2D eigenvalue weighted by Crippen LogP contribution is 2.14. The van der Waals surface area contributed by atoms with E-state index in [0.29, 0.717) is 22.6 Å². The lowest BCUT2D eigenvalue weighted by Crippen LogP contribution is -2.18. The van der Waals surface area contributed by atoms with Crippen molar-refractivity contribution in [3.63, 3.8) is 0 Å². The molecule has 0 bridgehead atoms. The van der Waals surface area contributed by atoms with Gasteiger partial charge in [-0.3, -0.25) is 9.59 Å². The molecule has 0 fully saturated rings. The first-order valence-corrected chi connectivity index (χ1v) is 5.82. The van der Waals surface area contributed by atoms with Crippen LogP contribution >= 0.6 is 0 Å². The van der Waals surface area contributed by atoms with Crippen LogP contribution in [0, 0.1) is 13.8 Å². The minimum atomic E-state index is -0.348. The third kappa shape index (κ3) is 2.42. The molecule has 0 aliphatic heterocycles. The monoisotopic (exact) mass is 258 g/mol. The molecule has 1 aromatic heterocycles. The van der Waals surface area contributed by atoms with Crippen molar-refractivity contribution in [2.75, 3.05) is 7.11 Å². The summed E-state index contributed by atoms with van der Waals surface area (Å²) in [6.07, 6.45) is 1.22. The molecule has 0 unspecified atom stereocenters. The van der Waals surface area contributed by atoms with Crippen LogP contribution in [0.2, 0.25) is 0 Å². The van der Waals surface area contributed by atoms with Crippen molar-refractivity contribution < 1.29 is 13.9 Å². The van der Waals surface area contributed by atoms with Gasteiger partial charge in [-0.05, 0) is 38.1 Å². The maximum Gasteiger partial charge on any atom is 0.200 e. The van der Waals surface area contributed by atoms with E-state index in [9.17, 15) is 9.59 Å². The Hall–Kier alpha value is -2.36. The number of hydrogen-bond acceptors (Lipinski definition) is 4. The molecule has 0 atom stereocenters. The number of rotatable bonds is 3. The van der Waals surface area contributed by atoms with Crippen LogP contribution < -0.4 is 10.2 Å². The van der Waals surface area contributed by atoms with Gasteiger partial charge in [0.05, 0.1) is 7.11 Å². The fourth-order valence-electron chi connectivity index (χ4n) is 1.71. The van der Waals surface area contributed by atoms with Crippen molar-refractivity contribution in [3.8, 4) is 5.75 Å². The fourth-order valence-corrected chi connectivity index (χ4v) is 1.71. The number of hydrogen-bond donors (Lipinski definition) is 0. The van der Waals surface area contributed by atoms with E-state index in [1.165, 1.54) is 6.26 Å². The van der Waals surface area contributed by atoms with Crippen molar-refractivity contribution in [2.45, 2.75) is 13.8 Å². The molecule has 0 aliphatic rings. The van der Waals surface area contributed by atoms with Gasteiger partial charge in [-0.2, -0.15) is 0 Å². The first-order valence-electron chi connectivity index (χ1n) is 5.82. The lowest BCUT2D eigenvalue weighted by Gasteiger charge is -2.04. The largest absolute Gasteiger partial charge is 0.497 e. The number of ether oxygens (including phenoxy) is 1. The lowest BCUT2D eigenvalue weighted by molar-refractivity contribution is 0.103. The van der Waals surface area contributed by atoms with E-state index in [0.717, 1.165) is 0 Å². The van der Waals surface area contributed by atoms with Crippen LogP contribution in [-0.4, -0.2) is 12.9 Å². The molecule has 1 aromatic carbocycles. The molecule has 0 amide bonds. The zero-order valence-electron chi connectivity index (χ0n) is 11.0. The van der Waals surface area contributed by atoms with Gasteiger partial charge in [0.15, 0.2) is 11.2 Å². The average molecular weight is 258 g/mol. The minimum Gasteiger partial charge on any atom is -0.497 e. The van der Waals surface area contributed by atoms with Gasteiger partial charge in [0.2, 0.25) is 0 Å². The zero-order valence-corrected chi connectivity index (χ0v) is 11.0. The summed E-state index contributed by atoms with van der Waals surface area (Å²) in [6.45, 7) is 3.34. The summed E-state index contributed by atoms with van der Waals surface area (Å²) in [5, 5.41) is 0. The van der Waals surface area contributed by atoms with Gasteiger partial charge in [-0.1, -0.05) is 0 Å². The molecule has 0 radical (unpaired) electrons. The summed E-state index contributed by atoms with van der Waals surface area (Å²) in [4.78, 5) is 24.3. The number of aryl methyl sites for hydroxylation is 1. The summed E-state index contributed by atoms with van der Waals surface area (Å²) in [5.74, 6) is 0.833. The van der Waals surface area contributed by atoms with Crippen LogP contribution in [0.15, 0.2) is 39.7 Å². The Morgan fingerprint density at radius 3 is 2.37 bits per heavy atom. The van der Waals surface area contributed by atoms with Crippen molar-refractivity contribution in [1.82, 2.24) is 0 Å². The number of methoxy groups -OCH3 is 1. The number of carbonyl (C=O) groups excluding carboxylic acids is 1. The van der Waals surface area contributed by atoms with Gasteiger partial charge >= 0.3 is 0 Å². The van der Waals surface area contributed by atoms with Gasteiger partial charge < -0.3 is 9.15 Å². The van der Waals surface area contributed by atoms with Gasteiger partial charge in [0, 0.05) is 11.1 Å². The number of benzene rings is 1. The Morgan fingerprint density at radius 2 is 1.79 bits per heavy atom. The molecule has 98 valence electrons. The average Bonchev–Trinajstić information content (AvgIpc) is 2.44. The molecule has 0 saturated carbocycles. The van der Waals surface area contributed by atoms with Crippen molar-refractivity contribution in [1.29, 1.82) is 0 Å². The van der Waals surface area contributed by atoms with E-state index in [-0.39, 0.29) is 16.8 Å². The molecule has 2 aromatic rings. The third-order valence-electron chi connectivity index (χ3n) is 3.06. The molecule has 0 aliphatic carbocycles. The van der Waals surface area contributed by atoms with E-state index in [2.05, 4.69) is 0 Å². The lowest BCUT2D eigenvalue weighted by atomic mass is 10.0. The smallest absolute Gasteiger partial charge is 0.200 e. The Morgan fingerprint density at radius 1 is 1.16 bits per heavy atom. The van der Waals surface area contributed by atoms with Crippen molar-refractivity contribution >= 4 is 5.78 Å². The highest BCUT2D eigenvalue weighted by molar-refractivity contribution is 6.08. The number of carbonyl (C=O) groups is 1. The molecule has 19 heavy (non-hydrogen) atoms. The Labute approximate surface area is 110 Å². The molecule has 2 rings (SSSR count). The SMILES string of the molecule is COc1ccc(C(=O)c2coc(C)c(C)c2=O)cc1. The van der Waals surface area contributed by atoms with Gasteiger partial charge in [-0.15, -0.1) is 0 Å². The maximum absolute atomic E-state index is 12.2. The first kappa shape index (κ1) is 13.1. The molecule has 0 N–H and O–H groups in total. The topological polar surface area (TPSA) is 56.5 Å². The van der Waals surface area contributed by atoms with Crippen molar-refractivity contribution in [3.05, 3.63) is 63.2 Å². The summed E-state index contributed by atoms with van der Waals surface area (Å²) in [7, 11) is 1.55. The highest BCUT2D eigenvalue weighted by Gasteiger charge is 2.16. The third-order valence-corrected chi connectivity index (χ3v) is 3.06. The predicted molar refractivity (Wildman–Crippen MR) is 70.9 cm³/mol. The van der Waals surface area contributed by atoms with E-state index in [4.69, 9.17) is 9.15 Å². The predicted octanol–water partition coefficient (Wildman–Crippen LogP) is 2.50. The molecule has 0 spiro atoms. The van der Waals surface area contributed by atoms with E-state index in [1.807, 2.05) is 0 Å². The van der Waals surface area contributed by atoms with Crippen LogP contribution in [-0.2, 0) is 0 Å².